The summed E-state index contributed by atoms with van der Waals surface area (Å²) in [5.74, 6) is 1.79. The number of nitrogens with zero attached hydrogens (tertiary/aromatic N) is 3. The molecule has 1 aliphatic rings. The van der Waals surface area contributed by atoms with Crippen LogP contribution in [-0.2, 0) is 7.05 Å². The van der Waals surface area contributed by atoms with Gasteiger partial charge in [-0.05, 0) is 36.5 Å². The minimum atomic E-state index is 0.767. The van der Waals surface area contributed by atoms with Gasteiger partial charge in [-0.3, -0.25) is 4.98 Å². The molecule has 4 rings (SSSR count). The molecule has 1 aliphatic carbocycles. The number of aryl methyl sites for hydroxylation is 1. The van der Waals surface area contributed by atoms with E-state index in [0.717, 1.165) is 17.3 Å². The van der Waals surface area contributed by atoms with Gasteiger partial charge in [0, 0.05) is 25.6 Å². The Balaban J connectivity index is 1.94. The predicted molar refractivity (Wildman–Crippen MR) is 73.8 cm³/mol. The summed E-state index contributed by atoms with van der Waals surface area (Å²) < 4.78 is 3.40. The van der Waals surface area contributed by atoms with E-state index in [1.54, 1.807) is 0 Å². The van der Waals surface area contributed by atoms with E-state index in [-0.39, 0.29) is 0 Å². The minimum Gasteiger partial charge on any atom is -0.333 e. The monoisotopic (exact) mass is 255 g/mol. The average molecular weight is 255 g/mol. The van der Waals surface area contributed by atoms with Crippen LogP contribution in [-0.4, -0.2) is 14.5 Å². The van der Waals surface area contributed by atoms with E-state index < -0.39 is 0 Å². The first-order valence-corrected chi connectivity index (χ1v) is 7.01. The Morgan fingerprint density at radius 2 is 2.17 bits per heavy atom. The molecule has 0 radical (unpaired) electrons. The molecule has 0 saturated heterocycles. The molecule has 0 bridgehead atoms. The number of imidazole rings is 1. The molecule has 0 amide bonds. The molecule has 3 heterocycles. The van der Waals surface area contributed by atoms with Crippen molar-refractivity contribution < 1.29 is 0 Å². The van der Waals surface area contributed by atoms with Crippen LogP contribution in [0.2, 0.25) is 0 Å². The maximum Gasteiger partial charge on any atom is 0.149 e. The Morgan fingerprint density at radius 3 is 2.89 bits per heavy atom. The fourth-order valence-electron chi connectivity index (χ4n) is 2.39. The normalized spacial score (nSPS) is 15.4. The van der Waals surface area contributed by atoms with Crippen LogP contribution in [0.15, 0.2) is 30.7 Å². The second kappa shape index (κ2) is 3.65. The molecule has 3 aromatic heterocycles. The van der Waals surface area contributed by atoms with Gasteiger partial charge < -0.3 is 4.57 Å². The van der Waals surface area contributed by atoms with Crippen molar-refractivity contribution >= 4 is 21.6 Å². The van der Waals surface area contributed by atoms with Crippen molar-refractivity contribution in [3.63, 3.8) is 0 Å². The van der Waals surface area contributed by atoms with Crippen LogP contribution in [0.5, 0.6) is 0 Å². The summed E-state index contributed by atoms with van der Waals surface area (Å²) in [7, 11) is 2.03. The van der Waals surface area contributed by atoms with E-state index in [1.807, 2.05) is 37.0 Å². The summed E-state index contributed by atoms with van der Waals surface area (Å²) in [4.78, 5) is 10.1. The molecule has 0 unspecified atom stereocenters. The van der Waals surface area contributed by atoms with Crippen molar-refractivity contribution in [3.8, 4) is 10.7 Å². The molecule has 0 atom stereocenters. The lowest BCUT2D eigenvalue weighted by Gasteiger charge is -1.98. The fourth-order valence-corrected chi connectivity index (χ4v) is 3.63. The summed E-state index contributed by atoms with van der Waals surface area (Å²) in [6, 6.07) is 4.34. The van der Waals surface area contributed by atoms with E-state index in [4.69, 9.17) is 0 Å². The fraction of sp³-hybridized carbons (Fsp3) is 0.286. The van der Waals surface area contributed by atoms with Crippen LogP contribution in [0.1, 0.15) is 24.3 Å². The molecule has 3 aromatic rings. The summed E-state index contributed by atoms with van der Waals surface area (Å²) in [5, 5.41) is 0. The van der Waals surface area contributed by atoms with Crippen molar-refractivity contribution in [2.75, 3.05) is 0 Å². The van der Waals surface area contributed by atoms with Gasteiger partial charge in [-0.15, -0.1) is 11.3 Å². The number of aromatic nitrogens is 3. The van der Waals surface area contributed by atoms with Crippen molar-refractivity contribution in [2.24, 2.45) is 7.05 Å². The van der Waals surface area contributed by atoms with Crippen molar-refractivity contribution in [1.29, 1.82) is 0 Å². The molecule has 90 valence electrons. The van der Waals surface area contributed by atoms with Crippen LogP contribution >= 0.6 is 11.3 Å². The highest BCUT2D eigenvalue weighted by molar-refractivity contribution is 7.22. The maximum absolute atomic E-state index is 4.49. The van der Waals surface area contributed by atoms with E-state index in [2.05, 4.69) is 26.7 Å². The summed E-state index contributed by atoms with van der Waals surface area (Å²) in [6.45, 7) is 0. The molecule has 0 aliphatic heterocycles. The molecular formula is C14H13N3S. The Kier molecular flexibility index (Phi) is 2.08. The first-order valence-electron chi connectivity index (χ1n) is 6.19. The largest absolute Gasteiger partial charge is 0.333 e. The van der Waals surface area contributed by atoms with Gasteiger partial charge in [-0.25, -0.2) is 4.98 Å². The molecular weight excluding hydrogens is 242 g/mol. The van der Waals surface area contributed by atoms with Crippen LogP contribution in [0, 0.1) is 0 Å². The molecule has 18 heavy (non-hydrogen) atoms. The molecule has 1 saturated carbocycles. The second-order valence-electron chi connectivity index (χ2n) is 4.86. The van der Waals surface area contributed by atoms with E-state index in [0.29, 0.717) is 0 Å². The maximum atomic E-state index is 4.49. The highest BCUT2D eigenvalue weighted by atomic mass is 32.1. The smallest absolute Gasteiger partial charge is 0.149 e. The SMILES string of the molecule is Cn1ccnc1-c1cc2nccc(C3CC3)c2s1. The van der Waals surface area contributed by atoms with E-state index >= 15 is 0 Å². The first-order chi connectivity index (χ1) is 8.83. The predicted octanol–water partition coefficient (Wildman–Crippen LogP) is 3.57. The van der Waals surface area contributed by atoms with Crippen LogP contribution in [0.25, 0.3) is 20.9 Å². The number of thiophene rings is 1. The lowest BCUT2D eigenvalue weighted by Crippen LogP contribution is -1.87. The third-order valence-corrected chi connectivity index (χ3v) is 4.67. The topological polar surface area (TPSA) is 30.7 Å². The highest BCUT2D eigenvalue weighted by Crippen LogP contribution is 2.45. The van der Waals surface area contributed by atoms with Gasteiger partial charge in [0.15, 0.2) is 0 Å². The summed E-state index contributed by atoms with van der Waals surface area (Å²) in [5.41, 5.74) is 2.59. The standard InChI is InChI=1S/C14H13N3S/c1-17-7-6-16-14(17)12-8-11-13(18-12)10(4-5-15-11)9-2-3-9/h4-9H,2-3H2,1H3. The Morgan fingerprint density at radius 1 is 1.28 bits per heavy atom. The quantitative estimate of drug-likeness (QED) is 0.701. The number of rotatable bonds is 2. The zero-order valence-electron chi connectivity index (χ0n) is 10.1. The zero-order chi connectivity index (χ0) is 12.1. The van der Waals surface area contributed by atoms with Crippen molar-refractivity contribution in [1.82, 2.24) is 14.5 Å². The Bertz CT molecular complexity index is 722. The second-order valence-corrected chi connectivity index (χ2v) is 5.91. The van der Waals surface area contributed by atoms with Gasteiger partial charge in [0.25, 0.3) is 0 Å². The van der Waals surface area contributed by atoms with Gasteiger partial charge >= 0.3 is 0 Å². The van der Waals surface area contributed by atoms with E-state index in [1.165, 1.54) is 28.0 Å². The molecule has 1 fully saturated rings. The van der Waals surface area contributed by atoms with Gasteiger partial charge in [0.2, 0.25) is 0 Å². The van der Waals surface area contributed by atoms with Crippen LogP contribution < -0.4 is 0 Å². The number of hydrogen-bond donors (Lipinski definition) is 0. The lowest BCUT2D eigenvalue weighted by molar-refractivity contribution is 0.928. The van der Waals surface area contributed by atoms with Crippen molar-refractivity contribution in [2.45, 2.75) is 18.8 Å². The van der Waals surface area contributed by atoms with Gasteiger partial charge in [0.1, 0.15) is 5.82 Å². The third kappa shape index (κ3) is 1.49. The number of fused-ring (bicyclic) bond motifs is 1. The van der Waals surface area contributed by atoms with Gasteiger partial charge in [-0.1, -0.05) is 0 Å². The van der Waals surface area contributed by atoms with E-state index in [9.17, 15) is 0 Å². The molecule has 4 heteroatoms. The summed E-state index contributed by atoms with van der Waals surface area (Å²) >= 11 is 1.82. The Labute approximate surface area is 109 Å². The molecule has 0 aromatic carbocycles. The number of hydrogen-bond acceptors (Lipinski definition) is 3. The van der Waals surface area contributed by atoms with Gasteiger partial charge in [-0.2, -0.15) is 0 Å². The van der Waals surface area contributed by atoms with Crippen molar-refractivity contribution in [3.05, 3.63) is 36.3 Å². The molecule has 0 N–H and O–H groups in total. The summed E-state index contributed by atoms with van der Waals surface area (Å²) in [6.07, 6.45) is 8.41. The van der Waals surface area contributed by atoms with Crippen LogP contribution in [0.3, 0.4) is 0 Å². The van der Waals surface area contributed by atoms with Gasteiger partial charge in [0.05, 0.1) is 15.1 Å². The third-order valence-electron chi connectivity index (χ3n) is 3.50. The minimum absolute atomic E-state index is 0.767. The first kappa shape index (κ1) is 10.3. The Hall–Kier alpha value is -1.68. The van der Waals surface area contributed by atoms with Crippen LogP contribution in [0.4, 0.5) is 0 Å². The molecule has 0 spiro atoms. The zero-order valence-corrected chi connectivity index (χ0v) is 10.9. The average Bonchev–Trinajstić information content (AvgIpc) is 2.98. The highest BCUT2D eigenvalue weighted by Gasteiger charge is 2.26. The molecule has 3 nitrogen and oxygen atoms in total. The number of pyridine rings is 1. The lowest BCUT2D eigenvalue weighted by atomic mass is 10.1.